The van der Waals surface area contributed by atoms with E-state index in [-0.39, 0.29) is 5.91 Å². The number of carbonyl (C=O) groups is 1. The van der Waals surface area contributed by atoms with E-state index < -0.39 is 0 Å². The van der Waals surface area contributed by atoms with Crippen molar-refractivity contribution in [3.63, 3.8) is 0 Å². The van der Waals surface area contributed by atoms with Gasteiger partial charge in [0.1, 0.15) is 17.0 Å². The Morgan fingerprint density at radius 1 is 1.08 bits per heavy atom. The highest BCUT2D eigenvalue weighted by Gasteiger charge is 2.21. The molecule has 0 aliphatic rings. The summed E-state index contributed by atoms with van der Waals surface area (Å²) in [6.07, 6.45) is 3.41. The molecule has 2 aromatic carbocycles. The summed E-state index contributed by atoms with van der Waals surface area (Å²) in [5.74, 6) is 0.301. The third-order valence-corrected chi connectivity index (χ3v) is 4.17. The molecule has 25 heavy (non-hydrogen) atoms. The second-order valence-electron chi connectivity index (χ2n) is 6.08. The lowest BCUT2D eigenvalue weighted by molar-refractivity contribution is 0.102. The highest BCUT2D eigenvalue weighted by Crippen LogP contribution is 2.26. The van der Waals surface area contributed by atoms with Gasteiger partial charge in [0.15, 0.2) is 0 Å². The van der Waals surface area contributed by atoms with Crippen LogP contribution in [0.2, 0.25) is 0 Å². The van der Waals surface area contributed by atoms with Crippen molar-refractivity contribution in [2.24, 2.45) is 0 Å². The maximum Gasteiger partial charge on any atom is 0.261 e. The van der Waals surface area contributed by atoms with Crippen LogP contribution >= 0.6 is 0 Å². The number of aryl methyl sites for hydroxylation is 2. The lowest BCUT2D eigenvalue weighted by Crippen LogP contribution is -2.13. The summed E-state index contributed by atoms with van der Waals surface area (Å²) in [5, 5.41) is 7.00. The number of nitrogens with one attached hydrogen (secondary N) is 1. The zero-order chi connectivity index (χ0) is 17.6. The Kier molecular flexibility index (Phi) is 5.29. The number of amides is 1. The molecule has 0 spiro atoms. The monoisotopic (exact) mass is 334 g/mol. The van der Waals surface area contributed by atoms with Gasteiger partial charge in [0, 0.05) is 11.3 Å². The summed E-state index contributed by atoms with van der Waals surface area (Å²) in [7, 11) is 0. The Hall–Kier alpha value is -2.88. The minimum atomic E-state index is -0.209. The van der Waals surface area contributed by atoms with E-state index in [0.29, 0.717) is 17.0 Å². The molecule has 0 fully saturated rings. The molecule has 4 heteroatoms. The van der Waals surface area contributed by atoms with Crippen LogP contribution in [0.4, 0.5) is 5.69 Å². The van der Waals surface area contributed by atoms with E-state index in [0.717, 1.165) is 17.7 Å². The van der Waals surface area contributed by atoms with Gasteiger partial charge in [-0.15, -0.1) is 0 Å². The highest BCUT2D eigenvalue weighted by atomic mass is 16.5. The van der Waals surface area contributed by atoms with Crippen molar-refractivity contribution in [2.45, 2.75) is 33.1 Å². The maximum absolute atomic E-state index is 12.7. The first-order valence-corrected chi connectivity index (χ1v) is 8.61. The Bertz CT molecular complexity index is 836. The predicted molar refractivity (Wildman–Crippen MR) is 99.7 cm³/mol. The normalized spacial score (nSPS) is 10.6. The minimum absolute atomic E-state index is 0.209. The molecule has 4 nitrogen and oxygen atoms in total. The zero-order valence-electron chi connectivity index (χ0n) is 14.6. The molecule has 0 unspecified atom stereocenters. The number of anilines is 1. The van der Waals surface area contributed by atoms with Crippen LogP contribution in [0, 0.1) is 6.92 Å². The molecule has 0 aliphatic carbocycles. The number of benzene rings is 2. The number of aromatic nitrogens is 1. The van der Waals surface area contributed by atoms with Crippen LogP contribution in [0.3, 0.4) is 0 Å². The Morgan fingerprint density at radius 3 is 2.48 bits per heavy atom. The summed E-state index contributed by atoms with van der Waals surface area (Å²) in [6.45, 7) is 3.93. The number of hydrogen-bond donors (Lipinski definition) is 1. The van der Waals surface area contributed by atoms with Crippen molar-refractivity contribution in [3.05, 3.63) is 71.5 Å². The van der Waals surface area contributed by atoms with E-state index in [2.05, 4.69) is 29.5 Å². The van der Waals surface area contributed by atoms with E-state index in [1.807, 2.05) is 42.5 Å². The molecule has 0 saturated heterocycles. The molecule has 0 radical (unpaired) electrons. The van der Waals surface area contributed by atoms with E-state index in [1.54, 1.807) is 6.92 Å². The predicted octanol–water partition coefficient (Wildman–Crippen LogP) is 5.24. The first-order valence-electron chi connectivity index (χ1n) is 8.61. The number of rotatable bonds is 6. The van der Waals surface area contributed by atoms with E-state index in [9.17, 15) is 4.79 Å². The van der Waals surface area contributed by atoms with Crippen LogP contribution in [0.25, 0.3) is 11.3 Å². The van der Waals surface area contributed by atoms with Gasteiger partial charge >= 0.3 is 0 Å². The van der Waals surface area contributed by atoms with Crippen molar-refractivity contribution in [1.82, 2.24) is 5.16 Å². The van der Waals surface area contributed by atoms with E-state index in [4.69, 9.17) is 4.52 Å². The Labute approximate surface area is 147 Å². The number of unbranched alkanes of at least 4 members (excludes halogenated alkanes) is 1. The molecule has 1 N–H and O–H groups in total. The van der Waals surface area contributed by atoms with Gasteiger partial charge in [-0.3, -0.25) is 4.79 Å². The van der Waals surface area contributed by atoms with Crippen LogP contribution in [0.1, 0.15) is 41.4 Å². The van der Waals surface area contributed by atoms with Gasteiger partial charge < -0.3 is 9.84 Å². The van der Waals surface area contributed by atoms with Crippen molar-refractivity contribution in [1.29, 1.82) is 0 Å². The van der Waals surface area contributed by atoms with Crippen LogP contribution < -0.4 is 5.32 Å². The molecule has 0 bridgehead atoms. The fraction of sp³-hybridized carbons (Fsp3) is 0.238. The summed E-state index contributed by atoms with van der Waals surface area (Å²) in [5.41, 5.74) is 3.95. The van der Waals surface area contributed by atoms with Gasteiger partial charge in [0.25, 0.3) is 5.91 Å². The molecule has 3 rings (SSSR count). The van der Waals surface area contributed by atoms with Crippen LogP contribution in [-0.2, 0) is 6.42 Å². The number of nitrogens with zero attached hydrogens (tertiary/aromatic N) is 1. The molecule has 128 valence electrons. The van der Waals surface area contributed by atoms with Crippen molar-refractivity contribution in [2.75, 3.05) is 5.32 Å². The van der Waals surface area contributed by atoms with Crippen LogP contribution in [0.15, 0.2) is 59.1 Å². The first-order chi connectivity index (χ1) is 12.2. The van der Waals surface area contributed by atoms with Gasteiger partial charge in [0.05, 0.1) is 0 Å². The fourth-order valence-electron chi connectivity index (χ4n) is 2.76. The topological polar surface area (TPSA) is 55.1 Å². The van der Waals surface area contributed by atoms with Gasteiger partial charge in [-0.2, -0.15) is 0 Å². The molecule has 1 aromatic heterocycles. The molecular formula is C21H22N2O2. The van der Waals surface area contributed by atoms with Gasteiger partial charge in [-0.1, -0.05) is 61.0 Å². The minimum Gasteiger partial charge on any atom is -0.360 e. The average Bonchev–Trinajstić information content (AvgIpc) is 3.03. The second-order valence-corrected chi connectivity index (χ2v) is 6.08. The molecule has 3 aromatic rings. The van der Waals surface area contributed by atoms with Gasteiger partial charge in [-0.25, -0.2) is 0 Å². The lowest BCUT2D eigenvalue weighted by atomic mass is 10.1. The Morgan fingerprint density at radius 2 is 1.80 bits per heavy atom. The molecule has 0 atom stereocenters. The van der Waals surface area contributed by atoms with E-state index >= 15 is 0 Å². The quantitative estimate of drug-likeness (QED) is 0.670. The van der Waals surface area contributed by atoms with Crippen LogP contribution in [0.5, 0.6) is 0 Å². The molecular weight excluding hydrogens is 312 g/mol. The lowest BCUT2D eigenvalue weighted by Gasteiger charge is -2.07. The number of carbonyl (C=O) groups excluding carboxylic acids is 1. The summed E-state index contributed by atoms with van der Waals surface area (Å²) in [6, 6.07) is 17.6. The maximum atomic E-state index is 12.7. The first kappa shape index (κ1) is 17.0. The standard InChI is InChI=1S/C21H22N2O2/c1-3-4-8-16-11-13-18(14-12-16)22-21(24)19-15(2)25-23-20(19)17-9-6-5-7-10-17/h5-7,9-14H,3-4,8H2,1-2H3,(H,22,24). The smallest absolute Gasteiger partial charge is 0.261 e. The zero-order valence-corrected chi connectivity index (χ0v) is 14.6. The third-order valence-electron chi connectivity index (χ3n) is 4.17. The average molecular weight is 334 g/mol. The third kappa shape index (κ3) is 3.97. The summed E-state index contributed by atoms with van der Waals surface area (Å²) in [4.78, 5) is 12.7. The molecule has 0 aliphatic heterocycles. The highest BCUT2D eigenvalue weighted by molar-refractivity contribution is 6.08. The molecule has 0 saturated carbocycles. The largest absolute Gasteiger partial charge is 0.360 e. The SMILES string of the molecule is CCCCc1ccc(NC(=O)c2c(-c3ccccc3)noc2C)cc1. The van der Waals surface area contributed by atoms with Crippen LogP contribution in [-0.4, -0.2) is 11.1 Å². The number of hydrogen-bond acceptors (Lipinski definition) is 3. The molecule has 1 heterocycles. The molecule has 1 amide bonds. The Balaban J connectivity index is 1.79. The summed E-state index contributed by atoms with van der Waals surface area (Å²) < 4.78 is 5.26. The van der Waals surface area contributed by atoms with E-state index in [1.165, 1.54) is 18.4 Å². The van der Waals surface area contributed by atoms with Gasteiger partial charge in [-0.05, 0) is 37.5 Å². The second kappa shape index (κ2) is 7.79. The summed E-state index contributed by atoms with van der Waals surface area (Å²) >= 11 is 0. The fourth-order valence-corrected chi connectivity index (χ4v) is 2.76. The van der Waals surface area contributed by atoms with Gasteiger partial charge in [0.2, 0.25) is 0 Å². The van der Waals surface area contributed by atoms with Crippen molar-refractivity contribution in [3.8, 4) is 11.3 Å². The van der Waals surface area contributed by atoms with Crippen molar-refractivity contribution >= 4 is 11.6 Å². The van der Waals surface area contributed by atoms with Crippen molar-refractivity contribution < 1.29 is 9.32 Å².